The minimum absolute atomic E-state index is 0.0521. The number of fused-ring (bicyclic) bond motifs is 2. The summed E-state index contributed by atoms with van der Waals surface area (Å²) in [7, 11) is 0. The lowest BCUT2D eigenvalue weighted by Crippen LogP contribution is -2.43. The molecule has 2 aliphatic rings. The van der Waals surface area contributed by atoms with Gasteiger partial charge in [0.15, 0.2) is 0 Å². The predicted octanol–water partition coefficient (Wildman–Crippen LogP) is 0.262. The van der Waals surface area contributed by atoms with Crippen LogP contribution < -0.4 is 5.32 Å². The second-order valence-corrected chi connectivity index (χ2v) is 3.19. The third-order valence-electron chi connectivity index (χ3n) is 2.55. The highest BCUT2D eigenvalue weighted by Crippen LogP contribution is 2.26. The Kier molecular flexibility index (Phi) is 1.24. The van der Waals surface area contributed by atoms with Gasteiger partial charge in [-0.2, -0.15) is 0 Å². The van der Waals surface area contributed by atoms with Crippen molar-refractivity contribution in [2.75, 3.05) is 0 Å². The highest BCUT2D eigenvalue weighted by molar-refractivity contribution is 4.93. The van der Waals surface area contributed by atoms with Crippen LogP contribution in [0.4, 0.5) is 0 Å². The largest absolute Gasteiger partial charge is 0.392 e. The van der Waals surface area contributed by atoms with Crippen LogP contribution in [-0.4, -0.2) is 23.3 Å². The summed E-state index contributed by atoms with van der Waals surface area (Å²) < 4.78 is 0. The quantitative estimate of drug-likeness (QED) is 0.489. The molecule has 2 bridgehead atoms. The van der Waals surface area contributed by atoms with Gasteiger partial charge in [-0.15, -0.1) is 0 Å². The molecule has 0 aromatic rings. The van der Waals surface area contributed by atoms with Crippen LogP contribution in [0.3, 0.4) is 0 Å². The Morgan fingerprint density at radius 2 is 1.89 bits per heavy atom. The van der Waals surface area contributed by atoms with E-state index in [4.69, 9.17) is 0 Å². The molecule has 52 valence electrons. The molecule has 2 fully saturated rings. The van der Waals surface area contributed by atoms with Crippen molar-refractivity contribution in [1.82, 2.24) is 5.32 Å². The van der Waals surface area contributed by atoms with E-state index in [2.05, 4.69) is 5.32 Å². The Morgan fingerprint density at radius 3 is 2.67 bits per heavy atom. The zero-order valence-corrected chi connectivity index (χ0v) is 5.51. The average molecular weight is 127 g/mol. The van der Waals surface area contributed by atoms with Gasteiger partial charge in [0.2, 0.25) is 0 Å². The molecule has 0 unspecified atom stereocenters. The first-order chi connectivity index (χ1) is 4.36. The summed E-state index contributed by atoms with van der Waals surface area (Å²) in [5, 5.41) is 12.7. The lowest BCUT2D eigenvalue weighted by molar-refractivity contribution is 0.103. The fourth-order valence-corrected chi connectivity index (χ4v) is 1.95. The van der Waals surface area contributed by atoms with Crippen molar-refractivity contribution >= 4 is 0 Å². The normalized spacial score (nSPS) is 49.7. The van der Waals surface area contributed by atoms with Crippen molar-refractivity contribution in [3.63, 3.8) is 0 Å². The van der Waals surface area contributed by atoms with Gasteiger partial charge >= 0.3 is 0 Å². The first-order valence-electron chi connectivity index (χ1n) is 3.80. The van der Waals surface area contributed by atoms with E-state index >= 15 is 0 Å². The molecule has 2 rings (SSSR count). The van der Waals surface area contributed by atoms with Crippen LogP contribution in [0.1, 0.15) is 25.7 Å². The smallest absolute Gasteiger partial charge is 0.0693 e. The molecule has 0 aromatic heterocycles. The summed E-state index contributed by atoms with van der Waals surface area (Å²) in [4.78, 5) is 0. The molecule has 2 N–H and O–H groups in total. The second kappa shape index (κ2) is 1.96. The SMILES string of the molecule is O[C@@H]1CC[C@H]2CC[C@H]1N2. The molecule has 0 saturated carbocycles. The van der Waals surface area contributed by atoms with E-state index in [0.717, 1.165) is 12.5 Å². The van der Waals surface area contributed by atoms with Gasteiger partial charge in [0.1, 0.15) is 0 Å². The van der Waals surface area contributed by atoms with Crippen molar-refractivity contribution in [1.29, 1.82) is 0 Å². The van der Waals surface area contributed by atoms with Crippen molar-refractivity contribution in [3.8, 4) is 0 Å². The molecule has 2 nitrogen and oxygen atoms in total. The van der Waals surface area contributed by atoms with Crippen LogP contribution in [0.25, 0.3) is 0 Å². The predicted molar refractivity (Wildman–Crippen MR) is 35.2 cm³/mol. The number of aliphatic hydroxyl groups excluding tert-OH is 1. The van der Waals surface area contributed by atoms with Gasteiger partial charge in [-0.1, -0.05) is 0 Å². The van der Waals surface area contributed by atoms with Gasteiger partial charge in [-0.3, -0.25) is 0 Å². The zero-order chi connectivity index (χ0) is 6.27. The van der Waals surface area contributed by atoms with E-state index in [1.165, 1.54) is 19.3 Å². The van der Waals surface area contributed by atoms with Crippen molar-refractivity contribution in [2.45, 2.75) is 43.9 Å². The Labute approximate surface area is 55.3 Å². The Bertz CT molecular complexity index is 115. The van der Waals surface area contributed by atoms with E-state index in [1.54, 1.807) is 0 Å². The van der Waals surface area contributed by atoms with Gasteiger partial charge in [-0.25, -0.2) is 0 Å². The van der Waals surface area contributed by atoms with Crippen molar-refractivity contribution < 1.29 is 5.11 Å². The molecule has 2 heteroatoms. The van der Waals surface area contributed by atoms with E-state index < -0.39 is 0 Å². The molecule has 0 aromatic carbocycles. The molecule has 2 saturated heterocycles. The fourth-order valence-electron chi connectivity index (χ4n) is 1.95. The molecule has 0 spiro atoms. The molecular formula is C7H13NO. The maximum Gasteiger partial charge on any atom is 0.0693 e. The summed E-state index contributed by atoms with van der Waals surface area (Å²) >= 11 is 0. The zero-order valence-electron chi connectivity index (χ0n) is 5.51. The number of piperidine rings is 1. The Morgan fingerprint density at radius 1 is 1.11 bits per heavy atom. The Hall–Kier alpha value is -0.0800. The standard InChI is InChI=1S/C7H13NO/c9-7-4-2-5-1-3-6(7)8-5/h5-9H,1-4H2/t5-,6-,7-/m1/s1. The summed E-state index contributed by atoms with van der Waals surface area (Å²) in [5.74, 6) is 0. The van der Waals surface area contributed by atoms with Crippen LogP contribution in [0.15, 0.2) is 0 Å². The first-order valence-corrected chi connectivity index (χ1v) is 3.80. The van der Waals surface area contributed by atoms with Crippen LogP contribution in [-0.2, 0) is 0 Å². The van der Waals surface area contributed by atoms with Crippen molar-refractivity contribution in [3.05, 3.63) is 0 Å². The average Bonchev–Trinajstić information content (AvgIpc) is 2.25. The molecular weight excluding hydrogens is 114 g/mol. The molecule has 3 atom stereocenters. The minimum Gasteiger partial charge on any atom is -0.392 e. The molecule has 2 heterocycles. The number of hydrogen-bond acceptors (Lipinski definition) is 2. The van der Waals surface area contributed by atoms with Gasteiger partial charge in [0.05, 0.1) is 6.10 Å². The third kappa shape index (κ3) is 0.864. The van der Waals surface area contributed by atoms with Crippen LogP contribution in [0, 0.1) is 0 Å². The molecule has 0 radical (unpaired) electrons. The van der Waals surface area contributed by atoms with Gasteiger partial charge in [0.25, 0.3) is 0 Å². The highest BCUT2D eigenvalue weighted by Gasteiger charge is 2.33. The molecule has 2 aliphatic heterocycles. The van der Waals surface area contributed by atoms with E-state index in [9.17, 15) is 5.11 Å². The number of nitrogens with one attached hydrogen (secondary N) is 1. The first kappa shape index (κ1) is 5.69. The van der Waals surface area contributed by atoms with E-state index in [0.29, 0.717) is 6.04 Å². The maximum atomic E-state index is 9.33. The Balaban J connectivity index is 2.05. The lowest BCUT2D eigenvalue weighted by Gasteiger charge is -2.25. The van der Waals surface area contributed by atoms with Crippen LogP contribution >= 0.6 is 0 Å². The summed E-state index contributed by atoms with van der Waals surface area (Å²) in [5.41, 5.74) is 0. The van der Waals surface area contributed by atoms with Gasteiger partial charge < -0.3 is 10.4 Å². The number of aliphatic hydroxyl groups is 1. The topological polar surface area (TPSA) is 32.3 Å². The van der Waals surface area contributed by atoms with Crippen molar-refractivity contribution in [2.24, 2.45) is 0 Å². The number of hydrogen-bond donors (Lipinski definition) is 2. The fraction of sp³-hybridized carbons (Fsp3) is 1.00. The van der Waals surface area contributed by atoms with Crippen LogP contribution in [0.2, 0.25) is 0 Å². The lowest BCUT2D eigenvalue weighted by atomic mass is 10.0. The third-order valence-corrected chi connectivity index (χ3v) is 2.55. The highest BCUT2D eigenvalue weighted by atomic mass is 16.3. The second-order valence-electron chi connectivity index (χ2n) is 3.19. The monoisotopic (exact) mass is 127 g/mol. The molecule has 0 amide bonds. The summed E-state index contributed by atoms with van der Waals surface area (Å²) in [6.45, 7) is 0. The minimum atomic E-state index is -0.0521. The van der Waals surface area contributed by atoms with E-state index in [-0.39, 0.29) is 6.10 Å². The van der Waals surface area contributed by atoms with E-state index in [1.807, 2.05) is 0 Å². The molecule has 0 aliphatic carbocycles. The molecule has 9 heavy (non-hydrogen) atoms. The maximum absolute atomic E-state index is 9.33. The van der Waals surface area contributed by atoms with Gasteiger partial charge in [0, 0.05) is 12.1 Å². The van der Waals surface area contributed by atoms with Gasteiger partial charge in [-0.05, 0) is 25.7 Å². The summed E-state index contributed by atoms with van der Waals surface area (Å²) in [6.07, 6.45) is 4.61. The van der Waals surface area contributed by atoms with Crippen LogP contribution in [0.5, 0.6) is 0 Å². The number of rotatable bonds is 0. The summed E-state index contributed by atoms with van der Waals surface area (Å²) in [6, 6.07) is 1.17.